The van der Waals surface area contributed by atoms with Crippen LogP contribution < -0.4 is 10.5 Å². The molecule has 0 heterocycles. The zero-order valence-electron chi connectivity index (χ0n) is 8.99. The van der Waals surface area contributed by atoms with E-state index in [1.807, 2.05) is 0 Å². The van der Waals surface area contributed by atoms with Crippen molar-refractivity contribution in [2.45, 2.75) is 12.2 Å². The van der Waals surface area contributed by atoms with E-state index in [0.717, 1.165) is 6.07 Å². The molecule has 98 valence electrons. The van der Waals surface area contributed by atoms with Crippen molar-refractivity contribution in [2.75, 3.05) is 13.7 Å². The van der Waals surface area contributed by atoms with Crippen molar-refractivity contribution < 1.29 is 23.0 Å². The molecule has 0 spiro atoms. The normalized spacial score (nSPS) is 12.8. The van der Waals surface area contributed by atoms with Gasteiger partial charge in [0.2, 0.25) is 0 Å². The van der Waals surface area contributed by atoms with Crippen molar-refractivity contribution in [3.8, 4) is 5.75 Å². The fraction of sp³-hybridized carbons (Fsp3) is 0.400. The van der Waals surface area contributed by atoms with Crippen LogP contribution in [0.25, 0.3) is 0 Å². The number of nitrogens with two attached hydrogens (primary N) is 1. The molecule has 0 bridgehead atoms. The van der Waals surface area contributed by atoms with E-state index in [0.29, 0.717) is 0 Å². The van der Waals surface area contributed by atoms with E-state index in [1.165, 1.54) is 19.2 Å². The Bertz CT molecular complexity index is 371. The second-order valence-electron chi connectivity index (χ2n) is 3.24. The number of alkyl halides is 3. The number of hydrogen-bond acceptors (Lipinski definition) is 3. The Balaban J connectivity index is 0.00000256. The third-order valence-corrected chi connectivity index (χ3v) is 2.16. The molecule has 0 saturated carbocycles. The van der Waals surface area contributed by atoms with Crippen molar-refractivity contribution in [1.82, 2.24) is 0 Å². The van der Waals surface area contributed by atoms with Crippen LogP contribution in [-0.4, -0.2) is 18.8 Å². The number of rotatable bonds is 3. The first-order chi connectivity index (χ1) is 7.40. The van der Waals surface area contributed by atoms with Crippen LogP contribution in [0.3, 0.4) is 0 Å². The first-order valence-corrected chi connectivity index (χ1v) is 4.51. The van der Waals surface area contributed by atoms with E-state index in [9.17, 15) is 13.2 Å². The number of benzene rings is 1. The van der Waals surface area contributed by atoms with E-state index < -0.39 is 24.4 Å². The summed E-state index contributed by atoms with van der Waals surface area (Å²) in [4.78, 5) is 0. The molecule has 0 aliphatic heterocycles. The van der Waals surface area contributed by atoms with Gasteiger partial charge in [-0.25, -0.2) is 0 Å². The molecule has 17 heavy (non-hydrogen) atoms. The minimum atomic E-state index is -4.52. The van der Waals surface area contributed by atoms with Crippen LogP contribution in [0, 0.1) is 0 Å². The molecule has 3 nitrogen and oxygen atoms in total. The molecule has 0 amide bonds. The highest BCUT2D eigenvalue weighted by Gasteiger charge is 2.35. The van der Waals surface area contributed by atoms with Gasteiger partial charge in [-0.3, -0.25) is 0 Å². The topological polar surface area (TPSA) is 55.5 Å². The second kappa shape index (κ2) is 6.09. The fourth-order valence-corrected chi connectivity index (χ4v) is 1.33. The van der Waals surface area contributed by atoms with Crippen LogP contribution in [0.4, 0.5) is 13.2 Å². The predicted molar refractivity (Wildman–Crippen MR) is 59.3 cm³/mol. The molecule has 0 aliphatic carbocycles. The lowest BCUT2D eigenvalue weighted by molar-refractivity contribution is -0.138. The van der Waals surface area contributed by atoms with Gasteiger partial charge in [0.1, 0.15) is 5.75 Å². The maximum Gasteiger partial charge on any atom is 0.416 e. The first kappa shape index (κ1) is 16.0. The number of aliphatic hydroxyl groups excluding tert-OH is 1. The molecule has 0 aliphatic rings. The summed E-state index contributed by atoms with van der Waals surface area (Å²) in [7, 11) is 1.28. The minimum Gasteiger partial charge on any atom is -0.497 e. The molecule has 0 saturated heterocycles. The summed E-state index contributed by atoms with van der Waals surface area (Å²) in [5, 5.41) is 8.78. The summed E-state index contributed by atoms with van der Waals surface area (Å²) in [6, 6.07) is 2.40. The lowest BCUT2D eigenvalue weighted by Crippen LogP contribution is -2.20. The number of aliphatic hydroxyl groups is 1. The molecule has 1 aromatic carbocycles. The van der Waals surface area contributed by atoms with E-state index in [-0.39, 0.29) is 23.7 Å². The van der Waals surface area contributed by atoms with Gasteiger partial charge in [-0.15, -0.1) is 12.4 Å². The van der Waals surface area contributed by atoms with E-state index >= 15 is 0 Å². The van der Waals surface area contributed by atoms with Gasteiger partial charge < -0.3 is 15.6 Å². The smallest absolute Gasteiger partial charge is 0.416 e. The Morgan fingerprint density at radius 1 is 1.41 bits per heavy atom. The summed E-state index contributed by atoms with van der Waals surface area (Å²) < 4.78 is 42.7. The summed E-state index contributed by atoms with van der Waals surface area (Å²) in [6.45, 7) is -0.546. The third kappa shape index (κ3) is 3.76. The van der Waals surface area contributed by atoms with Crippen LogP contribution in [0.15, 0.2) is 18.2 Å². The Morgan fingerprint density at radius 2 is 2.00 bits per heavy atom. The summed E-state index contributed by atoms with van der Waals surface area (Å²) in [6.07, 6.45) is -4.52. The van der Waals surface area contributed by atoms with Crippen LogP contribution in [-0.2, 0) is 6.18 Å². The molecule has 7 heteroatoms. The number of hydrogen-bond donors (Lipinski definition) is 2. The van der Waals surface area contributed by atoms with E-state index in [1.54, 1.807) is 0 Å². The molecule has 1 rings (SSSR count). The van der Waals surface area contributed by atoms with Crippen molar-refractivity contribution in [1.29, 1.82) is 0 Å². The highest BCUT2D eigenvalue weighted by Crippen LogP contribution is 2.36. The number of ether oxygens (including phenoxy) is 1. The zero-order valence-corrected chi connectivity index (χ0v) is 9.81. The first-order valence-electron chi connectivity index (χ1n) is 4.51. The molecule has 0 aromatic heterocycles. The minimum absolute atomic E-state index is 0. The third-order valence-electron chi connectivity index (χ3n) is 2.16. The molecular formula is C10H13ClF3NO2. The van der Waals surface area contributed by atoms with Crippen molar-refractivity contribution in [2.24, 2.45) is 5.73 Å². The molecule has 0 unspecified atom stereocenters. The number of halogens is 4. The van der Waals surface area contributed by atoms with Gasteiger partial charge in [0.05, 0.1) is 25.3 Å². The van der Waals surface area contributed by atoms with Crippen molar-refractivity contribution in [3.63, 3.8) is 0 Å². The Kier molecular flexibility index (Phi) is 5.74. The molecule has 0 radical (unpaired) electrons. The fourth-order valence-electron chi connectivity index (χ4n) is 1.33. The summed E-state index contributed by atoms with van der Waals surface area (Å²) in [5.74, 6) is 0.0983. The Hall–Kier alpha value is -0.980. The lowest BCUT2D eigenvalue weighted by Gasteiger charge is -2.17. The van der Waals surface area contributed by atoms with E-state index in [2.05, 4.69) is 0 Å². The highest BCUT2D eigenvalue weighted by molar-refractivity contribution is 5.85. The van der Waals surface area contributed by atoms with Gasteiger partial charge in [0, 0.05) is 0 Å². The van der Waals surface area contributed by atoms with Gasteiger partial charge in [0.25, 0.3) is 0 Å². The molecule has 3 N–H and O–H groups in total. The SMILES string of the molecule is COc1ccc([C@@H](N)CO)c(C(F)(F)F)c1.Cl. The standard InChI is InChI=1S/C10H12F3NO2.ClH/c1-16-6-2-3-7(9(14)5-15)8(4-6)10(11,12)13;/h2-4,9,15H,5,14H2,1H3;1H/t9-;/m0./s1. The van der Waals surface area contributed by atoms with E-state index in [4.69, 9.17) is 15.6 Å². The Morgan fingerprint density at radius 3 is 2.41 bits per heavy atom. The Labute approximate surface area is 103 Å². The van der Waals surface area contributed by atoms with Gasteiger partial charge in [-0.05, 0) is 17.7 Å². The summed E-state index contributed by atoms with van der Waals surface area (Å²) in [5.41, 5.74) is 4.37. The van der Waals surface area contributed by atoms with Crippen molar-refractivity contribution >= 4 is 12.4 Å². The zero-order chi connectivity index (χ0) is 12.3. The quantitative estimate of drug-likeness (QED) is 0.885. The number of methoxy groups -OCH3 is 1. The van der Waals surface area contributed by atoms with Gasteiger partial charge >= 0.3 is 6.18 Å². The summed E-state index contributed by atoms with van der Waals surface area (Å²) >= 11 is 0. The van der Waals surface area contributed by atoms with Gasteiger partial charge in [-0.2, -0.15) is 13.2 Å². The van der Waals surface area contributed by atoms with Crippen molar-refractivity contribution in [3.05, 3.63) is 29.3 Å². The molecule has 0 fully saturated rings. The lowest BCUT2D eigenvalue weighted by atomic mass is 10.0. The second-order valence-corrected chi connectivity index (χ2v) is 3.24. The van der Waals surface area contributed by atoms with Crippen LogP contribution in [0.1, 0.15) is 17.2 Å². The van der Waals surface area contributed by atoms with Gasteiger partial charge in [-0.1, -0.05) is 6.07 Å². The maximum absolute atomic E-state index is 12.7. The molecule has 1 aromatic rings. The predicted octanol–water partition coefficient (Wildman–Crippen LogP) is 2.13. The van der Waals surface area contributed by atoms with Gasteiger partial charge in [0.15, 0.2) is 0 Å². The van der Waals surface area contributed by atoms with Crippen LogP contribution >= 0.6 is 12.4 Å². The average molecular weight is 272 g/mol. The molecular weight excluding hydrogens is 259 g/mol. The average Bonchev–Trinajstić information content (AvgIpc) is 2.26. The molecule has 1 atom stereocenters. The largest absolute Gasteiger partial charge is 0.497 e. The maximum atomic E-state index is 12.7. The van der Waals surface area contributed by atoms with Crippen LogP contribution in [0.5, 0.6) is 5.75 Å². The van der Waals surface area contributed by atoms with Crippen LogP contribution in [0.2, 0.25) is 0 Å². The monoisotopic (exact) mass is 271 g/mol. The highest BCUT2D eigenvalue weighted by atomic mass is 35.5.